The summed E-state index contributed by atoms with van der Waals surface area (Å²) in [6.07, 6.45) is 1.79. The highest BCUT2D eigenvalue weighted by molar-refractivity contribution is 9.10. The lowest BCUT2D eigenvalue weighted by atomic mass is 10.2. The van der Waals surface area contributed by atoms with Crippen molar-refractivity contribution in [2.75, 3.05) is 31.1 Å². The predicted octanol–water partition coefficient (Wildman–Crippen LogP) is 3.42. The molecule has 0 radical (unpaired) electrons. The molecule has 0 spiro atoms. The van der Waals surface area contributed by atoms with Crippen LogP contribution in [0.2, 0.25) is 0 Å². The van der Waals surface area contributed by atoms with Gasteiger partial charge in [-0.3, -0.25) is 4.79 Å². The largest absolute Gasteiger partial charge is 0.344 e. The summed E-state index contributed by atoms with van der Waals surface area (Å²) >= 11 is 5.03. The van der Waals surface area contributed by atoms with Gasteiger partial charge >= 0.3 is 0 Å². The van der Waals surface area contributed by atoms with Crippen LogP contribution in [0.4, 0.5) is 5.13 Å². The van der Waals surface area contributed by atoms with Gasteiger partial charge in [0.1, 0.15) is 10.3 Å². The Bertz CT molecular complexity index is 856. The lowest BCUT2D eigenvalue weighted by molar-refractivity contribution is 0.0746. The number of halogens is 1. The highest BCUT2D eigenvalue weighted by atomic mass is 79.9. The first kappa shape index (κ1) is 15.5. The fraction of sp³-hybridized carbons (Fsp3) is 0.235. The van der Waals surface area contributed by atoms with Gasteiger partial charge in [-0.05, 0) is 30.3 Å². The molecule has 0 unspecified atom stereocenters. The van der Waals surface area contributed by atoms with Crippen molar-refractivity contribution in [3.63, 3.8) is 0 Å². The molecule has 0 aliphatic carbocycles. The molecule has 24 heavy (non-hydrogen) atoms. The second-order valence-corrected chi connectivity index (χ2v) is 7.49. The van der Waals surface area contributed by atoms with E-state index in [9.17, 15) is 4.79 Å². The van der Waals surface area contributed by atoms with Gasteiger partial charge < -0.3 is 9.80 Å². The molecule has 3 heterocycles. The van der Waals surface area contributed by atoms with Crippen LogP contribution in [0, 0.1) is 0 Å². The summed E-state index contributed by atoms with van der Waals surface area (Å²) in [7, 11) is 0. The molecule has 1 fully saturated rings. The number of benzene rings is 1. The Morgan fingerprint density at radius 1 is 1.12 bits per heavy atom. The van der Waals surface area contributed by atoms with Crippen LogP contribution in [0.25, 0.3) is 10.3 Å². The van der Waals surface area contributed by atoms with Crippen LogP contribution in [0.15, 0.2) is 47.1 Å². The van der Waals surface area contributed by atoms with Gasteiger partial charge in [-0.25, -0.2) is 9.97 Å². The number of piperazine rings is 1. The number of pyridine rings is 1. The van der Waals surface area contributed by atoms with E-state index in [0.29, 0.717) is 13.1 Å². The van der Waals surface area contributed by atoms with Gasteiger partial charge in [0.2, 0.25) is 0 Å². The van der Waals surface area contributed by atoms with Crippen molar-refractivity contribution in [3.8, 4) is 0 Å². The Morgan fingerprint density at radius 3 is 2.71 bits per heavy atom. The first-order chi connectivity index (χ1) is 11.7. The van der Waals surface area contributed by atoms with Gasteiger partial charge in [-0.1, -0.05) is 33.3 Å². The molecule has 122 valence electrons. The summed E-state index contributed by atoms with van der Waals surface area (Å²) in [4.78, 5) is 26.7. The van der Waals surface area contributed by atoms with Crippen molar-refractivity contribution < 1.29 is 4.79 Å². The third kappa shape index (κ3) is 3.01. The van der Waals surface area contributed by atoms with Crippen molar-refractivity contribution in [2.45, 2.75) is 0 Å². The zero-order valence-electron chi connectivity index (χ0n) is 12.9. The second-order valence-electron chi connectivity index (χ2n) is 5.61. The van der Waals surface area contributed by atoms with Crippen LogP contribution in [0.5, 0.6) is 0 Å². The lowest BCUT2D eigenvalue weighted by Gasteiger charge is -2.34. The third-order valence-electron chi connectivity index (χ3n) is 4.06. The van der Waals surface area contributed by atoms with Crippen molar-refractivity contribution in [1.29, 1.82) is 0 Å². The minimum atomic E-state index is 0.0851. The molecule has 3 aromatic rings. The summed E-state index contributed by atoms with van der Waals surface area (Å²) in [6, 6.07) is 11.4. The molecule has 0 N–H and O–H groups in total. The van der Waals surface area contributed by atoms with E-state index in [-0.39, 0.29) is 5.91 Å². The number of hydrogen-bond acceptors (Lipinski definition) is 5. The second kappa shape index (κ2) is 6.49. The molecular weight excluding hydrogens is 388 g/mol. The van der Waals surface area contributed by atoms with Crippen molar-refractivity contribution >= 4 is 48.7 Å². The molecule has 1 aliphatic heterocycles. The zero-order valence-corrected chi connectivity index (χ0v) is 15.3. The SMILES string of the molecule is O=C(c1cccc(Br)c1)N1CCN(c2nc3cccnc3s2)CC1. The number of carbonyl (C=O) groups excluding carboxylic acids is 1. The van der Waals surface area contributed by atoms with E-state index in [0.717, 1.165) is 38.6 Å². The van der Waals surface area contributed by atoms with Gasteiger partial charge in [0.05, 0.1) is 0 Å². The summed E-state index contributed by atoms with van der Waals surface area (Å²) in [5, 5.41) is 0.984. The van der Waals surface area contributed by atoms with Gasteiger partial charge in [-0.2, -0.15) is 0 Å². The quantitative estimate of drug-likeness (QED) is 0.658. The molecule has 0 atom stereocenters. The maximum atomic E-state index is 12.6. The van der Waals surface area contributed by atoms with E-state index < -0.39 is 0 Å². The monoisotopic (exact) mass is 402 g/mol. The predicted molar refractivity (Wildman–Crippen MR) is 99.7 cm³/mol. The van der Waals surface area contributed by atoms with Gasteiger partial charge in [0.25, 0.3) is 5.91 Å². The van der Waals surface area contributed by atoms with E-state index in [1.54, 1.807) is 17.5 Å². The van der Waals surface area contributed by atoms with Crippen molar-refractivity contribution in [1.82, 2.24) is 14.9 Å². The maximum absolute atomic E-state index is 12.6. The standard InChI is InChI=1S/C17H15BrN4OS/c18-13-4-1-3-12(11-13)16(23)21-7-9-22(10-8-21)17-20-14-5-2-6-19-15(14)24-17/h1-6,11H,7-10H2. The number of rotatable bonds is 2. The summed E-state index contributed by atoms with van der Waals surface area (Å²) in [5.41, 5.74) is 1.66. The van der Waals surface area contributed by atoms with E-state index in [2.05, 4.69) is 30.8 Å². The number of hydrogen-bond donors (Lipinski definition) is 0. The van der Waals surface area contributed by atoms with E-state index >= 15 is 0 Å². The number of fused-ring (bicyclic) bond motifs is 1. The minimum Gasteiger partial charge on any atom is -0.344 e. The van der Waals surface area contributed by atoms with Crippen LogP contribution in [0.3, 0.4) is 0 Å². The Kier molecular flexibility index (Phi) is 4.20. The highest BCUT2D eigenvalue weighted by Gasteiger charge is 2.24. The normalized spacial score (nSPS) is 15.0. The Hall–Kier alpha value is -1.99. The average molecular weight is 403 g/mol. The third-order valence-corrected chi connectivity index (χ3v) is 5.60. The zero-order chi connectivity index (χ0) is 16.5. The molecule has 5 nitrogen and oxygen atoms in total. The Morgan fingerprint density at radius 2 is 1.96 bits per heavy atom. The van der Waals surface area contributed by atoms with Gasteiger partial charge in [0, 0.05) is 42.4 Å². The molecule has 7 heteroatoms. The van der Waals surface area contributed by atoms with Crippen molar-refractivity contribution in [3.05, 3.63) is 52.6 Å². The smallest absolute Gasteiger partial charge is 0.254 e. The molecule has 4 rings (SSSR count). The summed E-state index contributed by atoms with van der Waals surface area (Å²) in [5.74, 6) is 0.0851. The van der Waals surface area contributed by atoms with E-state index in [1.165, 1.54) is 0 Å². The van der Waals surface area contributed by atoms with Crippen LogP contribution in [-0.2, 0) is 0 Å². The van der Waals surface area contributed by atoms with Crippen LogP contribution in [0.1, 0.15) is 10.4 Å². The average Bonchev–Trinajstić information content (AvgIpc) is 3.05. The number of anilines is 1. The number of carbonyl (C=O) groups is 1. The van der Waals surface area contributed by atoms with Crippen molar-refractivity contribution in [2.24, 2.45) is 0 Å². The van der Waals surface area contributed by atoms with Crippen LogP contribution >= 0.6 is 27.3 Å². The molecular formula is C17H15BrN4OS. The summed E-state index contributed by atoms with van der Waals surface area (Å²) in [6.45, 7) is 2.99. The van der Waals surface area contributed by atoms with E-state index in [4.69, 9.17) is 0 Å². The molecule has 1 aromatic carbocycles. The molecule has 1 aliphatic rings. The lowest BCUT2D eigenvalue weighted by Crippen LogP contribution is -2.48. The van der Waals surface area contributed by atoms with E-state index in [1.807, 2.05) is 41.3 Å². The molecule has 0 saturated carbocycles. The highest BCUT2D eigenvalue weighted by Crippen LogP contribution is 2.27. The van der Waals surface area contributed by atoms with Crippen LogP contribution in [-0.4, -0.2) is 47.0 Å². The number of aromatic nitrogens is 2. The molecule has 1 saturated heterocycles. The number of amides is 1. The maximum Gasteiger partial charge on any atom is 0.254 e. The van der Waals surface area contributed by atoms with Gasteiger partial charge in [-0.15, -0.1) is 0 Å². The first-order valence-electron chi connectivity index (χ1n) is 7.72. The number of thiazole rings is 1. The fourth-order valence-corrected chi connectivity index (χ4v) is 4.16. The van der Waals surface area contributed by atoms with Gasteiger partial charge in [0.15, 0.2) is 5.13 Å². The molecule has 1 amide bonds. The Balaban J connectivity index is 1.45. The molecule has 2 aromatic heterocycles. The summed E-state index contributed by atoms with van der Waals surface area (Å²) < 4.78 is 0.925. The minimum absolute atomic E-state index is 0.0851. The topological polar surface area (TPSA) is 49.3 Å². The van der Waals surface area contributed by atoms with Crippen LogP contribution < -0.4 is 4.90 Å². The first-order valence-corrected chi connectivity index (χ1v) is 9.33. The fourth-order valence-electron chi connectivity index (χ4n) is 2.80. The Labute approximate surface area is 152 Å². The number of nitrogens with zero attached hydrogens (tertiary/aromatic N) is 4. The molecule has 0 bridgehead atoms.